The zero-order valence-electron chi connectivity index (χ0n) is 10.9. The number of halogens is 1. The zero-order valence-corrected chi connectivity index (χ0v) is 14.2. The van der Waals surface area contributed by atoms with E-state index in [4.69, 9.17) is 0 Å². The quantitative estimate of drug-likeness (QED) is 0.639. The SMILES string of the molecule is C1=CC[C]([Zr]([C]2=CC=CC2)[CH]2CCCCC2)=C1.Cl. The summed E-state index contributed by atoms with van der Waals surface area (Å²) in [6.45, 7) is 0. The molecule has 0 unspecified atom stereocenters. The molecule has 0 heterocycles. The van der Waals surface area contributed by atoms with E-state index in [2.05, 4.69) is 36.5 Å². The van der Waals surface area contributed by atoms with Crippen molar-refractivity contribution in [3.8, 4) is 0 Å². The monoisotopic (exact) mass is 339 g/mol. The maximum atomic E-state index is 2.46. The van der Waals surface area contributed by atoms with Gasteiger partial charge < -0.3 is 0 Å². The van der Waals surface area contributed by atoms with Crippen LogP contribution in [-0.2, 0) is 21.8 Å². The van der Waals surface area contributed by atoms with Gasteiger partial charge in [0.1, 0.15) is 0 Å². The van der Waals surface area contributed by atoms with Crippen molar-refractivity contribution in [3.05, 3.63) is 43.0 Å². The minimum atomic E-state index is -1.48. The van der Waals surface area contributed by atoms with E-state index in [1.807, 2.05) is 6.56 Å². The number of hydrogen-bond acceptors (Lipinski definition) is 0. The molecular weight excluding hydrogens is 319 g/mol. The number of rotatable bonds is 3. The van der Waals surface area contributed by atoms with E-state index >= 15 is 0 Å². The van der Waals surface area contributed by atoms with E-state index in [9.17, 15) is 0 Å². The third-order valence-corrected chi connectivity index (χ3v) is 12.9. The Hall–Kier alpha value is 0.133. The smallest absolute Gasteiger partial charge is 0.147 e. The Morgan fingerprint density at radius 1 is 0.833 bits per heavy atom. The van der Waals surface area contributed by atoms with E-state index in [1.54, 1.807) is 0 Å². The van der Waals surface area contributed by atoms with Crippen molar-refractivity contribution in [3.63, 3.8) is 0 Å². The molecule has 0 nitrogen and oxygen atoms in total. The van der Waals surface area contributed by atoms with Gasteiger partial charge in [-0.05, 0) is 0 Å². The van der Waals surface area contributed by atoms with E-state index in [0.717, 1.165) is 3.63 Å². The molecule has 0 bridgehead atoms. The van der Waals surface area contributed by atoms with Crippen molar-refractivity contribution in [1.29, 1.82) is 0 Å². The second kappa shape index (κ2) is 7.06. The predicted octanol–water partition coefficient (Wildman–Crippen LogP) is 5.47. The van der Waals surface area contributed by atoms with Gasteiger partial charge in [0.15, 0.2) is 0 Å². The topological polar surface area (TPSA) is 0 Å². The van der Waals surface area contributed by atoms with E-state index in [0.29, 0.717) is 0 Å². The summed E-state index contributed by atoms with van der Waals surface area (Å²) in [5.74, 6) is 0. The maximum Gasteiger partial charge on any atom is -0.147 e. The minimum absolute atomic E-state index is 0. The van der Waals surface area contributed by atoms with Crippen LogP contribution in [0.25, 0.3) is 0 Å². The fourth-order valence-corrected chi connectivity index (χ4v) is 12.4. The minimum Gasteiger partial charge on any atom is -0.147 e. The second-order valence-electron chi connectivity index (χ2n) is 5.40. The van der Waals surface area contributed by atoms with Crippen LogP contribution in [0, 0.1) is 0 Å². The molecule has 0 atom stereocenters. The Morgan fingerprint density at radius 2 is 1.39 bits per heavy atom. The van der Waals surface area contributed by atoms with E-state index in [1.165, 1.54) is 44.9 Å². The summed E-state index contributed by atoms with van der Waals surface area (Å²) < 4.78 is 4.85. The van der Waals surface area contributed by atoms with Crippen LogP contribution in [-0.4, -0.2) is 0 Å². The fraction of sp³-hybridized carbons (Fsp3) is 0.500. The van der Waals surface area contributed by atoms with Crippen LogP contribution in [0.4, 0.5) is 0 Å². The van der Waals surface area contributed by atoms with Crippen molar-refractivity contribution >= 4 is 12.4 Å². The second-order valence-corrected chi connectivity index (χ2v) is 12.6. The molecule has 3 rings (SSSR count). The van der Waals surface area contributed by atoms with Gasteiger partial charge in [-0.15, -0.1) is 12.4 Å². The number of hydrogen-bond donors (Lipinski definition) is 0. The molecule has 1 fully saturated rings. The first-order valence-corrected chi connectivity index (χ1v) is 10.9. The molecule has 1 saturated carbocycles. The Bertz CT molecular complexity index is 367. The average molecular weight is 341 g/mol. The third-order valence-electron chi connectivity index (χ3n) is 4.25. The molecule has 2 heteroatoms. The molecule has 0 radical (unpaired) electrons. The molecule has 0 aromatic carbocycles. The molecule has 0 spiro atoms. The summed E-state index contributed by atoms with van der Waals surface area (Å²) in [6, 6.07) is 0. The Labute approximate surface area is 125 Å². The van der Waals surface area contributed by atoms with Crippen molar-refractivity contribution in [2.45, 2.75) is 48.6 Å². The summed E-state index contributed by atoms with van der Waals surface area (Å²) in [6.07, 6.45) is 24.3. The van der Waals surface area contributed by atoms with Crippen LogP contribution in [0.1, 0.15) is 44.9 Å². The normalized spacial score (nSPS) is 22.7. The molecule has 0 N–H and O–H groups in total. The van der Waals surface area contributed by atoms with Gasteiger partial charge in [0, 0.05) is 0 Å². The summed E-state index contributed by atoms with van der Waals surface area (Å²) >= 11 is -1.48. The van der Waals surface area contributed by atoms with Crippen LogP contribution < -0.4 is 0 Å². The van der Waals surface area contributed by atoms with Gasteiger partial charge in [-0.3, -0.25) is 0 Å². The molecule has 0 aliphatic heterocycles. The van der Waals surface area contributed by atoms with Crippen molar-refractivity contribution < 1.29 is 21.8 Å². The number of allylic oxidation sites excluding steroid dienone is 8. The van der Waals surface area contributed by atoms with Crippen LogP contribution in [0.2, 0.25) is 3.63 Å². The van der Waals surface area contributed by atoms with Gasteiger partial charge >= 0.3 is 113 Å². The Kier molecular flexibility index (Phi) is 5.70. The van der Waals surface area contributed by atoms with E-state index < -0.39 is 21.8 Å². The van der Waals surface area contributed by atoms with Crippen molar-refractivity contribution in [1.82, 2.24) is 0 Å². The maximum absolute atomic E-state index is 2.46. The van der Waals surface area contributed by atoms with Gasteiger partial charge in [-0.1, -0.05) is 0 Å². The molecule has 0 saturated heterocycles. The van der Waals surface area contributed by atoms with Gasteiger partial charge in [-0.25, -0.2) is 0 Å². The van der Waals surface area contributed by atoms with Crippen LogP contribution >= 0.6 is 12.4 Å². The third kappa shape index (κ3) is 3.17. The van der Waals surface area contributed by atoms with E-state index in [-0.39, 0.29) is 12.4 Å². The van der Waals surface area contributed by atoms with Crippen LogP contribution in [0.5, 0.6) is 0 Å². The largest absolute Gasteiger partial charge is 0.147 e. The first-order chi connectivity index (χ1) is 8.45. The standard InChI is InChI=1S/C6H11.2C5H5.ClH.Zr/c1-2-4-6-5-3-1;2*1-2-4-5-3-1;;/h1H,2-6H2;2*1-3H,4H2;1H;. The Balaban J connectivity index is 0.00000120. The molecule has 0 amide bonds. The summed E-state index contributed by atoms with van der Waals surface area (Å²) in [7, 11) is 0. The molecule has 0 aromatic rings. The summed E-state index contributed by atoms with van der Waals surface area (Å²) in [5.41, 5.74) is 0. The molecule has 3 aliphatic rings. The van der Waals surface area contributed by atoms with Gasteiger partial charge in [0.2, 0.25) is 0 Å². The van der Waals surface area contributed by atoms with Crippen molar-refractivity contribution in [2.24, 2.45) is 0 Å². The fourth-order valence-electron chi connectivity index (χ4n) is 3.42. The zero-order chi connectivity index (χ0) is 11.5. The van der Waals surface area contributed by atoms with Gasteiger partial charge in [0.05, 0.1) is 0 Å². The first kappa shape index (κ1) is 14.5. The van der Waals surface area contributed by atoms with Crippen LogP contribution in [0.15, 0.2) is 43.0 Å². The molecular formula is C16H22ClZr. The molecule has 3 aliphatic carbocycles. The molecule has 0 aromatic heterocycles. The summed E-state index contributed by atoms with van der Waals surface area (Å²) in [4.78, 5) is 0. The van der Waals surface area contributed by atoms with Crippen molar-refractivity contribution in [2.75, 3.05) is 0 Å². The van der Waals surface area contributed by atoms with Gasteiger partial charge in [-0.2, -0.15) is 0 Å². The summed E-state index contributed by atoms with van der Waals surface area (Å²) in [5, 5.41) is 0. The molecule has 18 heavy (non-hydrogen) atoms. The Morgan fingerprint density at radius 3 is 1.83 bits per heavy atom. The first-order valence-electron chi connectivity index (χ1n) is 7.04. The average Bonchev–Trinajstić information content (AvgIpc) is 3.04. The van der Waals surface area contributed by atoms with Gasteiger partial charge in [0.25, 0.3) is 0 Å². The predicted molar refractivity (Wildman–Crippen MR) is 77.8 cm³/mol. The molecule has 97 valence electrons. The van der Waals surface area contributed by atoms with Crippen LogP contribution in [0.3, 0.4) is 0 Å².